The van der Waals surface area contributed by atoms with Crippen LogP contribution in [0.25, 0.3) is 0 Å². The monoisotopic (exact) mass is 289 g/mol. The quantitative estimate of drug-likeness (QED) is 0.808. The van der Waals surface area contributed by atoms with Crippen molar-refractivity contribution in [1.82, 2.24) is 0 Å². The molecule has 0 aromatic rings. The second-order valence-electron chi connectivity index (χ2n) is 5.61. The first-order valence-electron chi connectivity index (χ1n) is 6.78. The SMILES string of the molecule is CC(C)CCCC(O)(C1=CC=C/C(=C\N)C1)C(F)(F)F. The fraction of sp³-hybridized carbons (Fsp3) is 0.600. The number of aliphatic hydroxyl groups is 1. The van der Waals surface area contributed by atoms with Crippen LogP contribution in [0, 0.1) is 5.92 Å². The van der Waals surface area contributed by atoms with Gasteiger partial charge < -0.3 is 10.8 Å². The van der Waals surface area contributed by atoms with E-state index in [1.54, 1.807) is 6.08 Å². The molecule has 0 fully saturated rings. The van der Waals surface area contributed by atoms with Crippen molar-refractivity contribution in [2.45, 2.75) is 51.3 Å². The van der Waals surface area contributed by atoms with E-state index in [0.29, 0.717) is 24.3 Å². The van der Waals surface area contributed by atoms with Crippen molar-refractivity contribution < 1.29 is 18.3 Å². The van der Waals surface area contributed by atoms with Gasteiger partial charge >= 0.3 is 6.18 Å². The zero-order valence-electron chi connectivity index (χ0n) is 11.9. The van der Waals surface area contributed by atoms with E-state index in [-0.39, 0.29) is 18.4 Å². The Morgan fingerprint density at radius 3 is 2.55 bits per heavy atom. The summed E-state index contributed by atoms with van der Waals surface area (Å²) in [5, 5.41) is 10.2. The van der Waals surface area contributed by atoms with E-state index in [2.05, 4.69) is 0 Å². The number of nitrogens with two attached hydrogens (primary N) is 1. The van der Waals surface area contributed by atoms with Gasteiger partial charge in [0.2, 0.25) is 0 Å². The molecule has 0 aromatic carbocycles. The van der Waals surface area contributed by atoms with Gasteiger partial charge in [0.05, 0.1) is 0 Å². The standard InChI is InChI=1S/C15H22F3NO/c1-11(2)5-4-8-14(20,15(16,17)18)13-7-3-6-12(9-13)10-19/h3,6-7,10-11,20H,4-5,8-9,19H2,1-2H3/b12-10+. The van der Waals surface area contributed by atoms with Gasteiger partial charge in [-0.2, -0.15) is 13.2 Å². The van der Waals surface area contributed by atoms with Crippen LogP contribution in [0.1, 0.15) is 39.5 Å². The lowest BCUT2D eigenvalue weighted by Gasteiger charge is -2.34. The van der Waals surface area contributed by atoms with Gasteiger partial charge in [0, 0.05) is 0 Å². The molecule has 0 spiro atoms. The summed E-state index contributed by atoms with van der Waals surface area (Å²) in [6, 6.07) is 0. The first kappa shape index (κ1) is 16.8. The summed E-state index contributed by atoms with van der Waals surface area (Å²) in [6.45, 7) is 3.90. The Kier molecular flexibility index (Phi) is 5.45. The molecule has 0 bridgehead atoms. The van der Waals surface area contributed by atoms with E-state index in [1.807, 2.05) is 13.8 Å². The summed E-state index contributed by atoms with van der Waals surface area (Å²) < 4.78 is 39.8. The van der Waals surface area contributed by atoms with E-state index in [9.17, 15) is 18.3 Å². The number of alkyl halides is 3. The van der Waals surface area contributed by atoms with Crippen LogP contribution in [0.4, 0.5) is 13.2 Å². The molecule has 0 saturated carbocycles. The molecule has 0 radical (unpaired) electrons. The second kappa shape index (κ2) is 6.48. The van der Waals surface area contributed by atoms with Gasteiger partial charge in [0.1, 0.15) is 0 Å². The van der Waals surface area contributed by atoms with E-state index >= 15 is 0 Å². The number of halogens is 3. The van der Waals surface area contributed by atoms with Gasteiger partial charge in [-0.05, 0) is 42.5 Å². The summed E-state index contributed by atoms with van der Waals surface area (Å²) in [5.74, 6) is 0.312. The summed E-state index contributed by atoms with van der Waals surface area (Å²) in [4.78, 5) is 0. The minimum atomic E-state index is -4.68. The van der Waals surface area contributed by atoms with Crippen LogP contribution in [0.15, 0.2) is 35.6 Å². The van der Waals surface area contributed by atoms with Crippen LogP contribution < -0.4 is 5.73 Å². The Labute approximate surface area is 117 Å². The minimum Gasteiger partial charge on any atom is -0.404 e. The lowest BCUT2D eigenvalue weighted by atomic mass is 9.81. The highest BCUT2D eigenvalue weighted by molar-refractivity contribution is 5.39. The summed E-state index contributed by atoms with van der Waals surface area (Å²) >= 11 is 0. The molecule has 1 unspecified atom stereocenters. The fourth-order valence-electron chi connectivity index (χ4n) is 2.27. The van der Waals surface area contributed by atoms with E-state index < -0.39 is 11.8 Å². The lowest BCUT2D eigenvalue weighted by molar-refractivity contribution is -0.247. The molecule has 1 atom stereocenters. The number of rotatable bonds is 5. The zero-order chi connectivity index (χ0) is 15.4. The third kappa shape index (κ3) is 3.88. The van der Waals surface area contributed by atoms with Gasteiger partial charge in [-0.15, -0.1) is 0 Å². The molecule has 0 heterocycles. The average molecular weight is 289 g/mol. The number of hydrogen-bond acceptors (Lipinski definition) is 2. The van der Waals surface area contributed by atoms with Crippen LogP contribution in [-0.2, 0) is 0 Å². The predicted molar refractivity (Wildman–Crippen MR) is 73.8 cm³/mol. The van der Waals surface area contributed by atoms with Crippen molar-refractivity contribution in [3.63, 3.8) is 0 Å². The van der Waals surface area contributed by atoms with Crippen LogP contribution in [0.2, 0.25) is 0 Å². The van der Waals surface area contributed by atoms with Crippen LogP contribution in [0.5, 0.6) is 0 Å². The third-order valence-corrected chi connectivity index (χ3v) is 3.54. The van der Waals surface area contributed by atoms with Crippen molar-refractivity contribution in [1.29, 1.82) is 0 Å². The minimum absolute atomic E-state index is 0.0324. The normalized spacial score (nSPS) is 21.1. The van der Waals surface area contributed by atoms with Crippen molar-refractivity contribution in [3.05, 3.63) is 35.6 Å². The summed E-state index contributed by atoms with van der Waals surface area (Å²) in [5.41, 5.74) is 3.13. The van der Waals surface area contributed by atoms with Crippen molar-refractivity contribution in [2.75, 3.05) is 0 Å². The Morgan fingerprint density at radius 1 is 1.40 bits per heavy atom. The molecule has 0 saturated heterocycles. The van der Waals surface area contributed by atoms with Crippen LogP contribution >= 0.6 is 0 Å². The molecule has 0 aromatic heterocycles. The Balaban J connectivity index is 2.95. The molecule has 1 rings (SSSR count). The van der Waals surface area contributed by atoms with Crippen LogP contribution in [-0.4, -0.2) is 16.9 Å². The van der Waals surface area contributed by atoms with Gasteiger partial charge in [0.25, 0.3) is 0 Å². The number of allylic oxidation sites excluding steroid dienone is 4. The molecule has 1 aliphatic rings. The van der Waals surface area contributed by atoms with Crippen molar-refractivity contribution in [2.24, 2.45) is 11.7 Å². The predicted octanol–water partition coefficient (Wildman–Crippen LogP) is 3.84. The molecular formula is C15H22F3NO. The summed E-state index contributed by atoms with van der Waals surface area (Å²) in [6.07, 6.45) is 1.78. The molecule has 2 nitrogen and oxygen atoms in total. The number of hydrogen-bond donors (Lipinski definition) is 2. The fourth-order valence-corrected chi connectivity index (χ4v) is 2.27. The first-order chi connectivity index (χ1) is 9.20. The van der Waals surface area contributed by atoms with E-state index in [4.69, 9.17) is 5.73 Å². The largest absolute Gasteiger partial charge is 0.421 e. The molecular weight excluding hydrogens is 267 g/mol. The van der Waals surface area contributed by atoms with Gasteiger partial charge in [-0.1, -0.05) is 38.5 Å². The molecule has 0 amide bonds. The van der Waals surface area contributed by atoms with Crippen molar-refractivity contribution in [3.8, 4) is 0 Å². The van der Waals surface area contributed by atoms with E-state index in [1.165, 1.54) is 18.4 Å². The molecule has 114 valence electrons. The maximum atomic E-state index is 13.3. The van der Waals surface area contributed by atoms with E-state index in [0.717, 1.165) is 0 Å². The lowest BCUT2D eigenvalue weighted by Crippen LogP contribution is -2.47. The molecule has 1 aliphatic carbocycles. The highest BCUT2D eigenvalue weighted by atomic mass is 19.4. The maximum Gasteiger partial charge on any atom is 0.421 e. The third-order valence-electron chi connectivity index (χ3n) is 3.54. The highest BCUT2D eigenvalue weighted by Gasteiger charge is 2.55. The molecule has 5 heteroatoms. The maximum absolute atomic E-state index is 13.3. The molecule has 0 aliphatic heterocycles. The van der Waals surface area contributed by atoms with Crippen LogP contribution in [0.3, 0.4) is 0 Å². The molecule has 20 heavy (non-hydrogen) atoms. The first-order valence-corrected chi connectivity index (χ1v) is 6.78. The highest BCUT2D eigenvalue weighted by Crippen LogP contribution is 2.43. The van der Waals surface area contributed by atoms with Gasteiger partial charge in [-0.25, -0.2) is 0 Å². The zero-order valence-corrected chi connectivity index (χ0v) is 11.9. The molecule has 3 N–H and O–H groups in total. The smallest absolute Gasteiger partial charge is 0.404 e. The Morgan fingerprint density at radius 2 is 2.05 bits per heavy atom. The second-order valence-corrected chi connectivity index (χ2v) is 5.61. The van der Waals surface area contributed by atoms with Crippen molar-refractivity contribution >= 4 is 0 Å². The topological polar surface area (TPSA) is 46.2 Å². The average Bonchev–Trinajstić information content (AvgIpc) is 2.36. The van der Waals surface area contributed by atoms with Gasteiger partial charge in [0.15, 0.2) is 5.60 Å². The van der Waals surface area contributed by atoms with Gasteiger partial charge in [-0.3, -0.25) is 0 Å². The summed E-state index contributed by atoms with van der Waals surface area (Å²) in [7, 11) is 0. The Hall–Kier alpha value is -1.23. The Bertz CT molecular complexity index is 421.